The van der Waals surface area contributed by atoms with Crippen LogP contribution in [0.25, 0.3) is 0 Å². The van der Waals surface area contributed by atoms with Gasteiger partial charge in [0.05, 0.1) is 16.4 Å². The molecule has 0 fully saturated rings. The molecule has 4 nitrogen and oxygen atoms in total. The summed E-state index contributed by atoms with van der Waals surface area (Å²) in [6.45, 7) is 1.84. The van der Waals surface area contributed by atoms with Crippen LogP contribution in [0, 0.1) is 12.7 Å². The number of nitrogen functional groups attached to an aromatic ring is 1. The van der Waals surface area contributed by atoms with Gasteiger partial charge >= 0.3 is 0 Å². The van der Waals surface area contributed by atoms with E-state index in [1.54, 1.807) is 18.2 Å². The highest BCUT2D eigenvalue weighted by Gasteiger charge is 2.19. The van der Waals surface area contributed by atoms with E-state index >= 15 is 0 Å². The van der Waals surface area contributed by atoms with Crippen LogP contribution < -0.4 is 10.5 Å². The predicted molar refractivity (Wildman–Crippen MR) is 77.8 cm³/mol. The first-order valence-electron chi connectivity index (χ1n) is 5.63. The van der Waals surface area contributed by atoms with E-state index in [4.69, 9.17) is 17.3 Å². The second kappa shape index (κ2) is 5.30. The van der Waals surface area contributed by atoms with Crippen molar-refractivity contribution in [2.75, 3.05) is 10.5 Å². The van der Waals surface area contributed by atoms with Gasteiger partial charge in [-0.05, 0) is 42.8 Å². The van der Waals surface area contributed by atoms with Crippen LogP contribution in [0.3, 0.4) is 0 Å². The summed E-state index contributed by atoms with van der Waals surface area (Å²) in [5.74, 6) is -0.602. The minimum absolute atomic E-state index is 0.166. The van der Waals surface area contributed by atoms with Gasteiger partial charge in [0, 0.05) is 0 Å². The fraction of sp³-hybridized carbons (Fsp3) is 0.0769. The maximum absolute atomic E-state index is 13.0. The average Bonchev–Trinajstić information content (AvgIpc) is 2.32. The van der Waals surface area contributed by atoms with Crippen molar-refractivity contribution in [2.24, 2.45) is 0 Å². The Morgan fingerprint density at radius 3 is 2.50 bits per heavy atom. The SMILES string of the molecule is Cc1ccc(NS(=O)(=O)c2ccc(F)cc2N)c(Cl)c1. The molecule has 0 atom stereocenters. The number of nitrogens with two attached hydrogens (primary N) is 1. The fourth-order valence-electron chi connectivity index (χ4n) is 1.67. The number of hydrogen-bond donors (Lipinski definition) is 2. The molecule has 3 N–H and O–H groups in total. The maximum Gasteiger partial charge on any atom is 0.263 e. The van der Waals surface area contributed by atoms with Gasteiger partial charge in [-0.2, -0.15) is 0 Å². The highest BCUT2D eigenvalue weighted by Crippen LogP contribution is 2.27. The van der Waals surface area contributed by atoms with E-state index in [0.717, 1.165) is 23.8 Å². The van der Waals surface area contributed by atoms with Crippen molar-refractivity contribution in [3.63, 3.8) is 0 Å². The summed E-state index contributed by atoms with van der Waals surface area (Å²) in [6.07, 6.45) is 0. The van der Waals surface area contributed by atoms with Gasteiger partial charge in [-0.15, -0.1) is 0 Å². The van der Waals surface area contributed by atoms with Gasteiger partial charge < -0.3 is 5.73 Å². The summed E-state index contributed by atoms with van der Waals surface area (Å²) in [5, 5.41) is 0.272. The fourth-order valence-corrected chi connectivity index (χ4v) is 3.20. The van der Waals surface area contributed by atoms with Crippen molar-refractivity contribution in [1.82, 2.24) is 0 Å². The quantitative estimate of drug-likeness (QED) is 0.855. The van der Waals surface area contributed by atoms with Crippen molar-refractivity contribution >= 4 is 33.0 Å². The third kappa shape index (κ3) is 3.02. The van der Waals surface area contributed by atoms with Gasteiger partial charge in [0.2, 0.25) is 0 Å². The van der Waals surface area contributed by atoms with Gasteiger partial charge in [0.25, 0.3) is 10.0 Å². The van der Waals surface area contributed by atoms with Crippen LogP contribution in [0.4, 0.5) is 15.8 Å². The van der Waals surface area contributed by atoms with Crippen LogP contribution in [-0.2, 0) is 10.0 Å². The monoisotopic (exact) mass is 314 g/mol. The number of nitrogens with one attached hydrogen (secondary N) is 1. The summed E-state index contributed by atoms with van der Waals surface area (Å²) < 4.78 is 39.7. The van der Waals surface area contributed by atoms with Crippen LogP contribution in [0.1, 0.15) is 5.56 Å². The van der Waals surface area contributed by atoms with Crippen LogP contribution in [0.5, 0.6) is 0 Å². The molecule has 0 radical (unpaired) electrons. The molecule has 0 heterocycles. The first-order valence-corrected chi connectivity index (χ1v) is 7.50. The molecule has 20 heavy (non-hydrogen) atoms. The second-order valence-electron chi connectivity index (χ2n) is 4.27. The summed E-state index contributed by atoms with van der Waals surface area (Å²) in [5.41, 5.74) is 6.50. The van der Waals surface area contributed by atoms with Crippen molar-refractivity contribution < 1.29 is 12.8 Å². The Balaban J connectivity index is 2.41. The van der Waals surface area contributed by atoms with Gasteiger partial charge in [-0.1, -0.05) is 17.7 Å². The molecular formula is C13H12ClFN2O2S. The molecule has 0 saturated carbocycles. The standard InChI is InChI=1S/C13H12ClFN2O2S/c1-8-2-4-12(10(14)6-8)17-20(18,19)13-5-3-9(15)7-11(13)16/h2-7,17H,16H2,1H3. The van der Waals surface area contributed by atoms with Crippen LogP contribution in [-0.4, -0.2) is 8.42 Å². The number of rotatable bonds is 3. The van der Waals surface area contributed by atoms with Crippen LogP contribution >= 0.6 is 11.6 Å². The predicted octanol–water partition coefficient (Wildman–Crippen LogP) is 3.17. The molecule has 7 heteroatoms. The summed E-state index contributed by atoms with van der Waals surface area (Å²) >= 11 is 5.97. The number of benzene rings is 2. The van der Waals surface area contributed by atoms with Crippen molar-refractivity contribution in [3.05, 3.63) is 52.8 Å². The van der Waals surface area contributed by atoms with Crippen LogP contribution in [0.15, 0.2) is 41.3 Å². The minimum atomic E-state index is -3.92. The molecule has 0 unspecified atom stereocenters. The van der Waals surface area contributed by atoms with E-state index in [0.29, 0.717) is 0 Å². The Morgan fingerprint density at radius 2 is 1.90 bits per heavy atom. The molecule has 0 saturated heterocycles. The van der Waals surface area contributed by atoms with Gasteiger partial charge in [-0.25, -0.2) is 12.8 Å². The molecule has 0 bridgehead atoms. The number of halogens is 2. The Bertz CT molecular complexity index is 763. The number of hydrogen-bond acceptors (Lipinski definition) is 3. The summed E-state index contributed by atoms with van der Waals surface area (Å²) in [7, 11) is -3.92. The van der Waals surface area contributed by atoms with Gasteiger partial charge in [0.1, 0.15) is 10.7 Å². The lowest BCUT2D eigenvalue weighted by Crippen LogP contribution is -2.15. The van der Waals surface area contributed by atoms with E-state index in [1.807, 2.05) is 6.92 Å². The molecule has 0 amide bonds. The molecule has 0 aliphatic rings. The van der Waals surface area contributed by atoms with Crippen LogP contribution in [0.2, 0.25) is 5.02 Å². The number of aryl methyl sites for hydroxylation is 1. The largest absolute Gasteiger partial charge is 0.398 e. The lowest BCUT2D eigenvalue weighted by molar-refractivity contribution is 0.600. The van der Waals surface area contributed by atoms with Gasteiger partial charge in [0.15, 0.2) is 0 Å². The molecule has 0 aliphatic carbocycles. The first-order chi connectivity index (χ1) is 9.29. The van der Waals surface area contributed by atoms with E-state index < -0.39 is 15.8 Å². The minimum Gasteiger partial charge on any atom is -0.398 e. The van der Waals surface area contributed by atoms with E-state index in [2.05, 4.69) is 4.72 Å². The number of sulfonamides is 1. The molecule has 2 aromatic rings. The lowest BCUT2D eigenvalue weighted by Gasteiger charge is -2.11. The zero-order valence-electron chi connectivity index (χ0n) is 10.5. The van der Waals surface area contributed by atoms with E-state index in [9.17, 15) is 12.8 Å². The third-order valence-corrected chi connectivity index (χ3v) is 4.38. The Hall–Kier alpha value is -1.79. The number of anilines is 2. The summed E-state index contributed by atoms with van der Waals surface area (Å²) in [4.78, 5) is -0.199. The average molecular weight is 315 g/mol. The molecule has 0 aromatic heterocycles. The zero-order chi connectivity index (χ0) is 14.9. The van der Waals surface area contributed by atoms with Crippen molar-refractivity contribution in [2.45, 2.75) is 11.8 Å². The first kappa shape index (κ1) is 14.6. The van der Waals surface area contributed by atoms with E-state index in [1.165, 1.54) is 0 Å². The molecule has 2 rings (SSSR count). The van der Waals surface area contributed by atoms with Gasteiger partial charge in [-0.3, -0.25) is 4.72 Å². The molecule has 0 aliphatic heterocycles. The van der Waals surface area contributed by atoms with E-state index in [-0.39, 0.29) is 21.3 Å². The molecule has 0 spiro atoms. The lowest BCUT2D eigenvalue weighted by atomic mass is 10.2. The molecule has 106 valence electrons. The second-order valence-corrected chi connectivity index (χ2v) is 6.33. The Labute approximate surface area is 121 Å². The van der Waals surface area contributed by atoms with Crippen molar-refractivity contribution in [3.8, 4) is 0 Å². The highest BCUT2D eigenvalue weighted by molar-refractivity contribution is 7.92. The zero-order valence-corrected chi connectivity index (χ0v) is 12.1. The third-order valence-electron chi connectivity index (χ3n) is 2.63. The topological polar surface area (TPSA) is 72.2 Å². The maximum atomic E-state index is 13.0. The van der Waals surface area contributed by atoms with Crippen molar-refractivity contribution in [1.29, 1.82) is 0 Å². The highest BCUT2D eigenvalue weighted by atomic mass is 35.5. The molecule has 2 aromatic carbocycles. The molecular weight excluding hydrogens is 303 g/mol. The Kier molecular flexibility index (Phi) is 3.87. The Morgan fingerprint density at radius 1 is 1.20 bits per heavy atom. The smallest absolute Gasteiger partial charge is 0.263 e. The summed E-state index contributed by atoms with van der Waals surface area (Å²) in [6, 6.07) is 7.99. The normalized spacial score (nSPS) is 11.3.